The third kappa shape index (κ3) is 3.90. The Morgan fingerprint density at radius 1 is 1.11 bits per heavy atom. The van der Waals surface area contributed by atoms with Gasteiger partial charge in [-0.1, -0.05) is 11.6 Å². The fourth-order valence-corrected chi connectivity index (χ4v) is 5.05. The van der Waals surface area contributed by atoms with Crippen molar-refractivity contribution < 1.29 is 23.5 Å². The molecule has 2 aliphatic heterocycles. The number of aliphatic hydroxyl groups excluding tert-OH is 1. The van der Waals surface area contributed by atoms with Gasteiger partial charge in [0.15, 0.2) is 0 Å². The largest absolute Gasteiger partial charge is 0.386 e. The Morgan fingerprint density at radius 2 is 1.86 bits per heavy atom. The molecule has 2 aliphatic rings. The Hall–Kier alpha value is -4.28. The lowest BCUT2D eigenvalue weighted by atomic mass is 9.95. The van der Waals surface area contributed by atoms with Gasteiger partial charge >= 0.3 is 6.03 Å². The third-order valence-electron chi connectivity index (χ3n) is 6.49. The first-order valence-electron chi connectivity index (χ1n) is 11.3. The van der Waals surface area contributed by atoms with Crippen LogP contribution < -0.4 is 15.5 Å². The number of aliphatic hydroxyl groups is 1. The van der Waals surface area contributed by atoms with E-state index in [4.69, 9.17) is 11.6 Å². The highest BCUT2D eigenvalue weighted by atomic mass is 35.5. The van der Waals surface area contributed by atoms with E-state index >= 15 is 0 Å². The molecule has 8 nitrogen and oxygen atoms in total. The van der Waals surface area contributed by atoms with Crippen molar-refractivity contribution in [2.75, 3.05) is 16.8 Å². The maximum atomic E-state index is 14.1. The van der Waals surface area contributed by atoms with Gasteiger partial charge in [0.1, 0.15) is 11.6 Å². The van der Waals surface area contributed by atoms with E-state index in [1.807, 2.05) is 0 Å². The number of hydrogen-bond donors (Lipinski definition) is 3. The summed E-state index contributed by atoms with van der Waals surface area (Å²) in [5, 5.41) is 20.5. The third-order valence-corrected chi connectivity index (χ3v) is 6.84. The fraction of sp³-hybridized carbons (Fsp3) is 0.115. The average molecular weight is 522 g/mol. The first-order valence-corrected chi connectivity index (χ1v) is 11.7. The zero-order valence-corrected chi connectivity index (χ0v) is 19.7. The van der Waals surface area contributed by atoms with E-state index in [1.54, 1.807) is 30.6 Å². The number of aromatic nitrogens is 2. The number of hydrogen-bond acceptors (Lipinski definition) is 4. The molecule has 37 heavy (non-hydrogen) atoms. The van der Waals surface area contributed by atoms with Gasteiger partial charge in [0, 0.05) is 39.7 Å². The molecule has 0 fully saturated rings. The van der Waals surface area contributed by atoms with Crippen LogP contribution in [0.1, 0.15) is 39.2 Å². The molecule has 0 spiro atoms. The zero-order valence-electron chi connectivity index (χ0n) is 19.0. The van der Waals surface area contributed by atoms with Crippen molar-refractivity contribution in [2.45, 2.75) is 12.1 Å². The number of nitrogens with one attached hydrogen (secondary N) is 2. The standard InChI is InChI=1S/C26H18ClF2N5O3/c27-19-4-2-13(28)8-16(19)24-23-18(25(36)32-24)10-15(34-7-1-6-30-34)11-20(23)31-26(37)33-12-22(35)17-9-14(29)3-5-21(17)33/h1-11,22,24,35H,12H2,(H,31,37)(H,32,36)/t22-,24-/m0/s1. The summed E-state index contributed by atoms with van der Waals surface area (Å²) in [6.45, 7) is -0.0814. The number of urea groups is 1. The molecule has 0 bridgehead atoms. The van der Waals surface area contributed by atoms with Crippen molar-refractivity contribution in [3.8, 4) is 5.69 Å². The molecule has 3 heterocycles. The highest BCUT2D eigenvalue weighted by molar-refractivity contribution is 6.31. The van der Waals surface area contributed by atoms with E-state index in [1.165, 1.54) is 46.0 Å². The molecule has 186 valence electrons. The molecule has 0 radical (unpaired) electrons. The van der Waals surface area contributed by atoms with Crippen LogP contribution in [-0.4, -0.2) is 33.4 Å². The van der Waals surface area contributed by atoms with Crippen molar-refractivity contribution in [1.29, 1.82) is 0 Å². The van der Waals surface area contributed by atoms with Gasteiger partial charge in [-0.2, -0.15) is 5.10 Å². The number of nitrogens with zero attached hydrogens (tertiary/aromatic N) is 3. The summed E-state index contributed by atoms with van der Waals surface area (Å²) in [5.74, 6) is -1.48. The van der Waals surface area contributed by atoms with E-state index in [0.717, 1.165) is 0 Å². The van der Waals surface area contributed by atoms with Gasteiger partial charge in [0.2, 0.25) is 0 Å². The van der Waals surface area contributed by atoms with E-state index in [9.17, 15) is 23.5 Å². The molecule has 3 N–H and O–H groups in total. The minimum Gasteiger partial charge on any atom is -0.386 e. The number of carbonyl (C=O) groups is 2. The SMILES string of the molecule is O=C1N[C@@H](c2cc(F)ccc2Cl)c2c(NC(=O)N3C[C@H](O)c4cc(F)ccc43)cc(-n3cccn3)cc21. The second kappa shape index (κ2) is 8.68. The Kier molecular flexibility index (Phi) is 5.43. The van der Waals surface area contributed by atoms with Crippen LogP contribution in [0.4, 0.5) is 25.0 Å². The summed E-state index contributed by atoms with van der Waals surface area (Å²) in [4.78, 5) is 27.8. The van der Waals surface area contributed by atoms with Gasteiger partial charge in [-0.25, -0.2) is 18.3 Å². The lowest BCUT2D eigenvalue weighted by Gasteiger charge is -2.22. The summed E-state index contributed by atoms with van der Waals surface area (Å²) in [6.07, 6.45) is 2.20. The molecule has 11 heteroatoms. The quantitative estimate of drug-likeness (QED) is 0.363. The van der Waals surface area contributed by atoms with Crippen LogP contribution in [-0.2, 0) is 0 Å². The number of rotatable bonds is 3. The molecule has 2 atom stereocenters. The zero-order chi connectivity index (χ0) is 25.8. The second-order valence-electron chi connectivity index (χ2n) is 8.74. The minimum absolute atomic E-state index is 0.0814. The van der Waals surface area contributed by atoms with Crippen LogP contribution in [0, 0.1) is 11.6 Å². The number of carbonyl (C=O) groups excluding carboxylic acids is 2. The monoisotopic (exact) mass is 521 g/mol. The van der Waals surface area contributed by atoms with Crippen molar-refractivity contribution in [3.05, 3.63) is 106 Å². The van der Waals surface area contributed by atoms with Crippen LogP contribution in [0.5, 0.6) is 0 Å². The molecule has 6 rings (SSSR count). The van der Waals surface area contributed by atoms with Crippen LogP contribution in [0.25, 0.3) is 5.69 Å². The average Bonchev–Trinajstić information content (AvgIpc) is 3.60. The minimum atomic E-state index is -1.06. The van der Waals surface area contributed by atoms with Gasteiger partial charge < -0.3 is 15.7 Å². The van der Waals surface area contributed by atoms with E-state index in [-0.39, 0.29) is 22.8 Å². The molecule has 0 saturated carbocycles. The molecule has 1 aromatic heterocycles. The Morgan fingerprint density at radius 3 is 2.62 bits per heavy atom. The summed E-state index contributed by atoms with van der Waals surface area (Å²) in [6, 6.07) is 11.2. The van der Waals surface area contributed by atoms with Crippen LogP contribution >= 0.6 is 11.6 Å². The number of amides is 3. The molecule has 0 aliphatic carbocycles. The molecule has 3 aromatic carbocycles. The molecular formula is C26H18ClF2N5O3. The van der Waals surface area contributed by atoms with Crippen molar-refractivity contribution in [3.63, 3.8) is 0 Å². The van der Waals surface area contributed by atoms with Gasteiger partial charge in [-0.05, 0) is 54.6 Å². The highest BCUT2D eigenvalue weighted by Gasteiger charge is 2.37. The van der Waals surface area contributed by atoms with Crippen LogP contribution in [0.15, 0.2) is 67.0 Å². The van der Waals surface area contributed by atoms with Crippen molar-refractivity contribution in [1.82, 2.24) is 15.1 Å². The normalized spacial score (nSPS) is 17.9. The second-order valence-corrected chi connectivity index (χ2v) is 9.14. The fourth-order valence-electron chi connectivity index (χ4n) is 4.83. The molecule has 0 saturated heterocycles. The number of β-amino-alcohol motifs (C(OH)–C–C–N with tert-alkyl or cyclic N) is 1. The summed E-state index contributed by atoms with van der Waals surface area (Å²) < 4.78 is 29.4. The summed E-state index contributed by atoms with van der Waals surface area (Å²) >= 11 is 6.36. The molecule has 4 aromatic rings. The molecule has 0 unspecified atom stereocenters. The molecule has 3 amide bonds. The number of halogens is 3. The van der Waals surface area contributed by atoms with Crippen LogP contribution in [0.3, 0.4) is 0 Å². The Labute approximate surface area is 214 Å². The number of benzene rings is 3. The van der Waals surface area contributed by atoms with Gasteiger partial charge in [0.05, 0.1) is 35.8 Å². The van der Waals surface area contributed by atoms with Crippen molar-refractivity contribution >= 4 is 34.9 Å². The smallest absolute Gasteiger partial charge is 0.326 e. The summed E-state index contributed by atoms with van der Waals surface area (Å²) in [5.41, 5.74) is 2.43. The van der Waals surface area contributed by atoms with Gasteiger partial charge in [-0.15, -0.1) is 0 Å². The lowest BCUT2D eigenvalue weighted by Crippen LogP contribution is -2.34. The van der Waals surface area contributed by atoms with E-state index in [0.29, 0.717) is 28.1 Å². The van der Waals surface area contributed by atoms with Gasteiger partial charge in [0.25, 0.3) is 5.91 Å². The maximum Gasteiger partial charge on any atom is 0.326 e. The van der Waals surface area contributed by atoms with E-state index in [2.05, 4.69) is 15.7 Å². The lowest BCUT2D eigenvalue weighted by molar-refractivity contribution is 0.0960. The van der Waals surface area contributed by atoms with Crippen molar-refractivity contribution in [2.24, 2.45) is 0 Å². The van der Waals surface area contributed by atoms with Gasteiger partial charge in [-0.3, -0.25) is 9.69 Å². The topological polar surface area (TPSA) is 99.5 Å². The molecular weight excluding hydrogens is 504 g/mol. The predicted molar refractivity (Wildman–Crippen MR) is 132 cm³/mol. The van der Waals surface area contributed by atoms with Crippen LogP contribution in [0.2, 0.25) is 5.02 Å². The number of anilines is 2. The summed E-state index contributed by atoms with van der Waals surface area (Å²) in [7, 11) is 0. The first-order chi connectivity index (χ1) is 17.8. The van der Waals surface area contributed by atoms with E-state index < -0.39 is 35.7 Å². The Bertz CT molecular complexity index is 1580. The predicted octanol–water partition coefficient (Wildman–Crippen LogP) is 4.72. The highest BCUT2D eigenvalue weighted by Crippen LogP contribution is 2.41. The number of fused-ring (bicyclic) bond motifs is 2. The Balaban J connectivity index is 1.46. The first kappa shape index (κ1) is 23.1. The maximum absolute atomic E-state index is 14.1.